The zero-order valence-electron chi connectivity index (χ0n) is 9.77. The monoisotopic (exact) mass is 351 g/mol. The first kappa shape index (κ1) is 15.2. The summed E-state index contributed by atoms with van der Waals surface area (Å²) >= 11 is 17.6. The van der Waals surface area contributed by atoms with Crippen molar-refractivity contribution in [2.45, 2.75) is 5.03 Å². The van der Waals surface area contributed by atoms with Crippen molar-refractivity contribution in [2.75, 3.05) is 10.5 Å². The van der Waals surface area contributed by atoms with E-state index in [0.717, 1.165) is 0 Å². The van der Waals surface area contributed by atoms with Gasteiger partial charge < -0.3 is 5.73 Å². The van der Waals surface area contributed by atoms with E-state index in [9.17, 15) is 8.42 Å². The first-order valence-corrected chi connectivity index (χ1v) is 7.81. The van der Waals surface area contributed by atoms with Gasteiger partial charge in [0, 0.05) is 11.2 Å². The molecular weight excluding hydrogens is 345 g/mol. The van der Waals surface area contributed by atoms with E-state index in [1.807, 2.05) is 0 Å². The number of halogens is 3. The second kappa shape index (κ2) is 5.65. The topological polar surface area (TPSA) is 85.1 Å². The fourth-order valence-electron chi connectivity index (χ4n) is 1.45. The Morgan fingerprint density at radius 1 is 1.15 bits per heavy atom. The first-order valence-electron chi connectivity index (χ1n) is 5.19. The lowest BCUT2D eigenvalue weighted by molar-refractivity contribution is 0.598. The Bertz CT molecular complexity index is 742. The molecule has 5 nitrogen and oxygen atoms in total. The van der Waals surface area contributed by atoms with Gasteiger partial charge in [0.05, 0.1) is 21.4 Å². The van der Waals surface area contributed by atoms with Crippen molar-refractivity contribution >= 4 is 56.2 Å². The number of pyridine rings is 1. The summed E-state index contributed by atoms with van der Waals surface area (Å²) in [5.74, 6) is 0. The van der Waals surface area contributed by atoms with Crippen LogP contribution in [0.1, 0.15) is 0 Å². The van der Waals surface area contributed by atoms with Crippen LogP contribution < -0.4 is 10.5 Å². The average Bonchev–Trinajstić information content (AvgIpc) is 2.34. The maximum absolute atomic E-state index is 12.2. The van der Waals surface area contributed by atoms with Gasteiger partial charge in [0.1, 0.15) is 0 Å². The minimum absolute atomic E-state index is 0.0150. The van der Waals surface area contributed by atoms with Crippen LogP contribution in [0.15, 0.2) is 35.5 Å². The highest BCUT2D eigenvalue weighted by Gasteiger charge is 2.21. The number of nitrogens with one attached hydrogen (secondary N) is 1. The standard InChI is InChI=1S/C11H8Cl3N3O2S/c12-6-4-7(13)10(8(14)5-6)17-20(18,19)11-9(15)2-1-3-16-11/h1-5,17H,15H2. The third-order valence-electron chi connectivity index (χ3n) is 2.30. The van der Waals surface area contributed by atoms with Crippen molar-refractivity contribution in [1.29, 1.82) is 0 Å². The van der Waals surface area contributed by atoms with Crippen LogP contribution >= 0.6 is 34.8 Å². The smallest absolute Gasteiger partial charge is 0.281 e. The van der Waals surface area contributed by atoms with Crippen LogP contribution in [0, 0.1) is 0 Å². The largest absolute Gasteiger partial charge is 0.396 e. The summed E-state index contributed by atoms with van der Waals surface area (Å²) in [4.78, 5) is 3.74. The summed E-state index contributed by atoms with van der Waals surface area (Å²) in [5, 5.41) is 0.128. The van der Waals surface area contributed by atoms with Gasteiger partial charge in [0.25, 0.3) is 10.0 Å². The number of hydrogen-bond donors (Lipinski definition) is 2. The molecule has 1 aromatic carbocycles. The molecule has 20 heavy (non-hydrogen) atoms. The highest BCUT2D eigenvalue weighted by molar-refractivity contribution is 7.92. The van der Waals surface area contributed by atoms with E-state index in [0.29, 0.717) is 5.02 Å². The number of anilines is 2. The number of benzene rings is 1. The number of aromatic nitrogens is 1. The Balaban J connectivity index is 2.47. The van der Waals surface area contributed by atoms with E-state index in [1.165, 1.54) is 30.5 Å². The molecule has 0 aliphatic carbocycles. The molecule has 0 radical (unpaired) electrons. The molecule has 0 spiro atoms. The molecule has 3 N–H and O–H groups in total. The minimum Gasteiger partial charge on any atom is -0.396 e. The van der Waals surface area contributed by atoms with Gasteiger partial charge >= 0.3 is 0 Å². The van der Waals surface area contributed by atoms with Crippen molar-refractivity contribution < 1.29 is 8.42 Å². The highest BCUT2D eigenvalue weighted by Crippen LogP contribution is 2.35. The van der Waals surface area contributed by atoms with Gasteiger partial charge in [-0.25, -0.2) is 4.98 Å². The fourth-order valence-corrected chi connectivity index (χ4v) is 3.64. The molecule has 2 aromatic rings. The van der Waals surface area contributed by atoms with Gasteiger partial charge in [-0.3, -0.25) is 4.72 Å². The quantitative estimate of drug-likeness (QED) is 0.886. The second-order valence-corrected chi connectivity index (χ2v) is 6.60. The van der Waals surface area contributed by atoms with Crippen molar-refractivity contribution in [3.63, 3.8) is 0 Å². The van der Waals surface area contributed by atoms with E-state index in [-0.39, 0.29) is 26.4 Å². The molecule has 0 amide bonds. The zero-order valence-corrected chi connectivity index (χ0v) is 12.9. The molecule has 0 saturated heterocycles. The lowest BCUT2D eigenvalue weighted by atomic mass is 10.3. The molecule has 1 heterocycles. The normalized spacial score (nSPS) is 11.3. The van der Waals surface area contributed by atoms with E-state index in [1.54, 1.807) is 0 Å². The van der Waals surface area contributed by atoms with Crippen molar-refractivity contribution in [1.82, 2.24) is 4.98 Å². The Kier molecular flexibility index (Phi) is 4.29. The molecule has 0 saturated carbocycles. The second-order valence-electron chi connectivity index (χ2n) is 3.75. The molecule has 0 fully saturated rings. The molecule has 0 aliphatic heterocycles. The van der Waals surface area contributed by atoms with Gasteiger partial charge in [-0.2, -0.15) is 8.42 Å². The van der Waals surface area contributed by atoms with Gasteiger partial charge in [0.2, 0.25) is 0 Å². The van der Waals surface area contributed by atoms with Crippen molar-refractivity contribution in [3.8, 4) is 0 Å². The van der Waals surface area contributed by atoms with Crippen LogP contribution in [0.3, 0.4) is 0 Å². The van der Waals surface area contributed by atoms with Crippen LogP contribution in [0.2, 0.25) is 15.1 Å². The molecule has 0 bridgehead atoms. The van der Waals surface area contributed by atoms with Crippen LogP contribution in [-0.4, -0.2) is 13.4 Å². The zero-order chi connectivity index (χ0) is 14.9. The van der Waals surface area contributed by atoms with Crippen molar-refractivity contribution in [3.05, 3.63) is 45.5 Å². The predicted molar refractivity (Wildman–Crippen MR) is 80.9 cm³/mol. The molecule has 106 valence electrons. The molecule has 2 rings (SSSR count). The Morgan fingerprint density at radius 3 is 2.30 bits per heavy atom. The summed E-state index contributed by atoms with van der Waals surface area (Å²) in [6.45, 7) is 0. The number of rotatable bonds is 3. The third kappa shape index (κ3) is 3.09. The van der Waals surface area contributed by atoms with Crippen molar-refractivity contribution in [2.24, 2.45) is 0 Å². The summed E-state index contributed by atoms with van der Waals surface area (Å²) in [5.41, 5.74) is 5.62. The van der Waals surface area contributed by atoms with Crippen LogP contribution in [0.25, 0.3) is 0 Å². The Morgan fingerprint density at radius 2 is 1.75 bits per heavy atom. The number of nitrogens with two attached hydrogens (primary N) is 1. The maximum Gasteiger partial charge on any atom is 0.281 e. The number of sulfonamides is 1. The average molecular weight is 353 g/mol. The Hall–Kier alpha value is -1.21. The molecule has 9 heteroatoms. The lowest BCUT2D eigenvalue weighted by Crippen LogP contribution is -2.16. The van der Waals surface area contributed by atoms with E-state index >= 15 is 0 Å². The number of nitrogens with zero attached hydrogens (tertiary/aromatic N) is 1. The predicted octanol–water partition coefficient (Wildman–Crippen LogP) is 3.42. The van der Waals surface area contributed by atoms with Gasteiger partial charge in [-0.15, -0.1) is 0 Å². The molecular formula is C11H8Cl3N3O2S. The van der Waals surface area contributed by atoms with E-state index in [2.05, 4.69) is 9.71 Å². The lowest BCUT2D eigenvalue weighted by Gasteiger charge is -2.12. The highest BCUT2D eigenvalue weighted by atomic mass is 35.5. The van der Waals surface area contributed by atoms with Gasteiger partial charge in [0.15, 0.2) is 5.03 Å². The SMILES string of the molecule is Nc1cccnc1S(=O)(=O)Nc1c(Cl)cc(Cl)cc1Cl. The third-order valence-corrected chi connectivity index (χ3v) is 4.44. The van der Waals surface area contributed by atoms with E-state index < -0.39 is 10.0 Å². The fraction of sp³-hybridized carbons (Fsp3) is 0. The summed E-state index contributed by atoms with van der Waals surface area (Å²) in [7, 11) is -4.00. The maximum atomic E-state index is 12.2. The van der Waals surface area contributed by atoms with Crippen LogP contribution in [0.5, 0.6) is 0 Å². The van der Waals surface area contributed by atoms with Crippen LogP contribution in [-0.2, 0) is 10.0 Å². The van der Waals surface area contributed by atoms with Gasteiger partial charge in [-0.05, 0) is 24.3 Å². The number of nitrogen functional groups attached to an aromatic ring is 1. The first-order chi connectivity index (χ1) is 9.31. The molecule has 0 atom stereocenters. The molecule has 0 aliphatic rings. The molecule has 1 aromatic heterocycles. The number of hydrogen-bond acceptors (Lipinski definition) is 4. The van der Waals surface area contributed by atoms with Crippen LogP contribution in [0.4, 0.5) is 11.4 Å². The summed E-state index contributed by atoms with van der Waals surface area (Å²) in [6, 6.07) is 5.69. The van der Waals surface area contributed by atoms with Gasteiger partial charge in [-0.1, -0.05) is 34.8 Å². The minimum atomic E-state index is -4.00. The van der Waals surface area contributed by atoms with E-state index in [4.69, 9.17) is 40.5 Å². The summed E-state index contributed by atoms with van der Waals surface area (Å²) < 4.78 is 26.7. The summed E-state index contributed by atoms with van der Waals surface area (Å²) in [6.07, 6.45) is 1.32. The molecule has 0 unspecified atom stereocenters. The Labute approximate surface area is 130 Å².